The van der Waals surface area contributed by atoms with Crippen LogP contribution in [-0.2, 0) is 0 Å². The summed E-state index contributed by atoms with van der Waals surface area (Å²) in [7, 11) is 0. The zero-order chi connectivity index (χ0) is 14.3. The first kappa shape index (κ1) is 13.0. The molecule has 0 saturated carbocycles. The molecule has 0 atom stereocenters. The van der Waals surface area contributed by atoms with Crippen LogP contribution >= 0.6 is 23.8 Å². The van der Waals surface area contributed by atoms with Crippen molar-refractivity contribution in [1.29, 1.82) is 0 Å². The number of nitrogens with zero attached hydrogens (tertiary/aromatic N) is 1. The van der Waals surface area contributed by atoms with E-state index < -0.39 is 11.6 Å². The van der Waals surface area contributed by atoms with Crippen LogP contribution in [0.1, 0.15) is 0 Å². The molecule has 0 aliphatic rings. The van der Waals surface area contributed by atoms with E-state index in [1.807, 2.05) is 0 Å². The van der Waals surface area contributed by atoms with Gasteiger partial charge < -0.3 is 4.42 Å². The van der Waals surface area contributed by atoms with Crippen molar-refractivity contribution in [3.63, 3.8) is 0 Å². The summed E-state index contributed by atoms with van der Waals surface area (Å²) in [5, 5.41) is 0.908. The van der Waals surface area contributed by atoms with Gasteiger partial charge in [0, 0.05) is 5.02 Å². The maximum Gasteiger partial charge on any atom is 0.425 e. The Hall–Kier alpha value is -1.98. The lowest BCUT2D eigenvalue weighted by Gasteiger charge is -2.07. The number of aromatic nitrogens is 1. The maximum absolute atomic E-state index is 13.3. The second-order valence-electron chi connectivity index (χ2n) is 4.13. The van der Waals surface area contributed by atoms with Crippen LogP contribution in [0.15, 0.2) is 51.7 Å². The fraction of sp³-hybridized carbons (Fsp3) is 0. The number of hydrogen-bond donors (Lipinski definition) is 0. The topological polar surface area (TPSA) is 35.1 Å². The first-order valence-electron chi connectivity index (χ1n) is 5.67. The molecule has 2 aromatic carbocycles. The summed E-state index contributed by atoms with van der Waals surface area (Å²) in [6, 6.07) is 10.4. The van der Waals surface area contributed by atoms with Crippen molar-refractivity contribution in [2.24, 2.45) is 0 Å². The van der Waals surface area contributed by atoms with Crippen LogP contribution in [-0.4, -0.2) is 4.57 Å². The summed E-state index contributed by atoms with van der Waals surface area (Å²) < 4.78 is 19.9. The average Bonchev–Trinajstić information content (AvgIpc) is 2.42. The molecular formula is C14H7ClFNO2S. The average molecular weight is 308 g/mol. The minimum Gasteiger partial charge on any atom is -0.409 e. The Morgan fingerprint density at radius 2 is 1.85 bits per heavy atom. The van der Waals surface area contributed by atoms with E-state index in [9.17, 15) is 9.18 Å². The summed E-state index contributed by atoms with van der Waals surface area (Å²) in [5.41, 5.74) is 0.769. The molecule has 0 amide bonds. The Morgan fingerprint density at radius 1 is 1.15 bits per heavy atom. The van der Waals surface area contributed by atoms with Gasteiger partial charge in [-0.05, 0) is 42.5 Å². The van der Waals surface area contributed by atoms with Crippen LogP contribution in [0.3, 0.4) is 0 Å². The van der Waals surface area contributed by atoms with Crippen molar-refractivity contribution in [2.75, 3.05) is 0 Å². The van der Waals surface area contributed by atoms with Crippen LogP contribution in [0, 0.1) is 10.5 Å². The van der Waals surface area contributed by atoms with E-state index in [0.29, 0.717) is 16.1 Å². The normalized spacial score (nSPS) is 10.9. The van der Waals surface area contributed by atoms with Crippen LogP contribution < -0.4 is 5.76 Å². The molecular weight excluding hydrogens is 301 g/mol. The van der Waals surface area contributed by atoms with Gasteiger partial charge in [0.05, 0.1) is 11.1 Å². The lowest BCUT2D eigenvalue weighted by Crippen LogP contribution is -2.18. The standard InChI is InChI=1S/C14H7ClFNO2S/c15-8-1-4-10(5-2-8)17-13(20)11-7-9(16)3-6-12(11)19-14(17)18/h1-7H. The highest BCUT2D eigenvalue weighted by Crippen LogP contribution is 2.18. The van der Waals surface area contributed by atoms with E-state index in [-0.39, 0.29) is 10.2 Å². The van der Waals surface area contributed by atoms with Crippen LogP contribution in [0.5, 0.6) is 0 Å². The van der Waals surface area contributed by atoms with Crippen LogP contribution in [0.4, 0.5) is 4.39 Å². The van der Waals surface area contributed by atoms with Gasteiger partial charge in [-0.1, -0.05) is 23.8 Å². The number of hydrogen-bond acceptors (Lipinski definition) is 3. The van der Waals surface area contributed by atoms with Gasteiger partial charge in [0.15, 0.2) is 0 Å². The summed E-state index contributed by atoms with van der Waals surface area (Å²) in [6.07, 6.45) is 0. The third-order valence-corrected chi connectivity index (χ3v) is 3.49. The summed E-state index contributed by atoms with van der Waals surface area (Å²) in [6.45, 7) is 0. The van der Waals surface area contributed by atoms with Crippen molar-refractivity contribution in [2.45, 2.75) is 0 Å². The van der Waals surface area contributed by atoms with E-state index in [1.165, 1.54) is 22.8 Å². The molecule has 1 heterocycles. The van der Waals surface area contributed by atoms with Gasteiger partial charge in [0.2, 0.25) is 0 Å². The van der Waals surface area contributed by atoms with Crippen molar-refractivity contribution >= 4 is 34.8 Å². The molecule has 0 bridgehead atoms. The molecule has 0 aliphatic carbocycles. The highest BCUT2D eigenvalue weighted by Gasteiger charge is 2.09. The number of fused-ring (bicyclic) bond motifs is 1. The minimum absolute atomic E-state index is 0.193. The SMILES string of the molecule is O=c1oc2ccc(F)cc2c(=S)n1-c1ccc(Cl)cc1. The number of halogens is 2. The predicted octanol–water partition coefficient (Wildman–Crippen LogP) is 4.11. The fourth-order valence-electron chi connectivity index (χ4n) is 1.91. The predicted molar refractivity (Wildman–Crippen MR) is 77.6 cm³/mol. The zero-order valence-corrected chi connectivity index (χ0v) is 11.5. The van der Waals surface area contributed by atoms with Gasteiger partial charge in [-0.3, -0.25) is 0 Å². The monoisotopic (exact) mass is 307 g/mol. The third-order valence-electron chi connectivity index (χ3n) is 2.84. The van der Waals surface area contributed by atoms with Gasteiger partial charge in [-0.25, -0.2) is 13.8 Å². The largest absolute Gasteiger partial charge is 0.425 e. The summed E-state index contributed by atoms with van der Waals surface area (Å²) >= 11 is 11.1. The van der Waals surface area contributed by atoms with Crippen molar-refractivity contribution in [3.8, 4) is 5.69 Å². The van der Waals surface area contributed by atoms with Gasteiger partial charge in [-0.15, -0.1) is 0 Å². The molecule has 100 valence electrons. The number of rotatable bonds is 1. The Balaban J connectivity index is 2.39. The van der Waals surface area contributed by atoms with Crippen molar-refractivity contribution in [1.82, 2.24) is 4.57 Å². The molecule has 20 heavy (non-hydrogen) atoms. The lowest BCUT2D eigenvalue weighted by molar-refractivity contribution is 0.506. The molecule has 0 saturated heterocycles. The lowest BCUT2D eigenvalue weighted by atomic mass is 10.2. The van der Waals surface area contributed by atoms with Gasteiger partial charge in [0.25, 0.3) is 0 Å². The highest BCUT2D eigenvalue weighted by atomic mass is 35.5. The molecule has 3 rings (SSSR count). The molecule has 3 nitrogen and oxygen atoms in total. The highest BCUT2D eigenvalue weighted by molar-refractivity contribution is 7.71. The van der Waals surface area contributed by atoms with E-state index in [4.69, 9.17) is 28.2 Å². The molecule has 0 unspecified atom stereocenters. The second-order valence-corrected chi connectivity index (χ2v) is 4.95. The smallest absolute Gasteiger partial charge is 0.409 e. The second kappa shape index (κ2) is 4.85. The molecule has 6 heteroatoms. The van der Waals surface area contributed by atoms with E-state index >= 15 is 0 Å². The third kappa shape index (κ3) is 2.15. The Bertz CT molecular complexity index is 915. The van der Waals surface area contributed by atoms with Crippen LogP contribution in [0.25, 0.3) is 16.7 Å². The van der Waals surface area contributed by atoms with E-state index in [2.05, 4.69) is 0 Å². The van der Waals surface area contributed by atoms with E-state index in [1.54, 1.807) is 24.3 Å². The van der Waals surface area contributed by atoms with Crippen molar-refractivity contribution in [3.05, 3.63) is 68.5 Å². The Labute approximate surface area is 122 Å². The molecule has 3 aromatic rings. The molecule has 0 radical (unpaired) electrons. The van der Waals surface area contributed by atoms with Gasteiger partial charge in [0.1, 0.15) is 16.0 Å². The van der Waals surface area contributed by atoms with Crippen LogP contribution in [0.2, 0.25) is 5.02 Å². The first-order valence-corrected chi connectivity index (χ1v) is 6.46. The summed E-state index contributed by atoms with van der Waals surface area (Å²) in [4.78, 5) is 12.0. The zero-order valence-electron chi connectivity index (χ0n) is 9.97. The molecule has 0 N–H and O–H groups in total. The van der Waals surface area contributed by atoms with Crippen molar-refractivity contribution < 1.29 is 8.81 Å². The fourth-order valence-corrected chi connectivity index (χ4v) is 2.38. The van der Waals surface area contributed by atoms with Gasteiger partial charge >= 0.3 is 5.76 Å². The molecule has 0 spiro atoms. The van der Waals surface area contributed by atoms with Gasteiger partial charge in [-0.2, -0.15) is 0 Å². The Morgan fingerprint density at radius 3 is 2.55 bits per heavy atom. The maximum atomic E-state index is 13.3. The van der Waals surface area contributed by atoms with E-state index in [0.717, 1.165) is 0 Å². The molecule has 1 aromatic heterocycles. The molecule has 0 fully saturated rings. The first-order chi connectivity index (χ1) is 9.56. The molecule has 0 aliphatic heterocycles. The summed E-state index contributed by atoms with van der Waals surface area (Å²) in [5.74, 6) is -1.07. The Kier molecular flexibility index (Phi) is 3.16. The number of benzene rings is 2. The minimum atomic E-state index is -0.628. The quantitative estimate of drug-likeness (QED) is 0.635.